The monoisotopic (exact) mass is 579 g/mol. The van der Waals surface area contributed by atoms with Gasteiger partial charge in [-0.2, -0.15) is 0 Å². The van der Waals surface area contributed by atoms with Gasteiger partial charge in [-0.1, -0.05) is 54.6 Å². The normalized spacial score (nSPS) is 15.1. The van der Waals surface area contributed by atoms with Crippen molar-refractivity contribution in [2.75, 3.05) is 13.7 Å². The van der Waals surface area contributed by atoms with Gasteiger partial charge in [-0.3, -0.25) is 14.4 Å². The van der Waals surface area contributed by atoms with Crippen molar-refractivity contribution in [3.63, 3.8) is 0 Å². The van der Waals surface area contributed by atoms with Gasteiger partial charge in [0.25, 0.3) is 0 Å². The second-order valence-corrected chi connectivity index (χ2v) is 11.3. The topological polar surface area (TPSA) is 131 Å². The molecule has 1 aliphatic rings. The minimum absolute atomic E-state index is 0.0252. The Kier molecular flexibility index (Phi) is 11.6. The molecule has 2 aromatic rings. The number of benzene rings is 2. The van der Waals surface area contributed by atoms with E-state index in [-0.39, 0.29) is 43.9 Å². The molecule has 3 amide bonds. The second-order valence-electron chi connectivity index (χ2n) is 11.3. The third kappa shape index (κ3) is 9.71. The highest BCUT2D eigenvalue weighted by Crippen LogP contribution is 2.25. The number of amides is 3. The Bertz CT molecular complexity index is 1260. The molecule has 10 nitrogen and oxygen atoms in total. The number of alkyl carbamates (subject to hydrolysis) is 1. The largest absolute Gasteiger partial charge is 0.467 e. The lowest BCUT2D eigenvalue weighted by atomic mass is 9.92. The number of nitrogens with zero attached hydrogens (tertiary/aromatic N) is 1. The average Bonchev–Trinajstić information content (AvgIpc) is 2.97. The first-order chi connectivity index (χ1) is 20.0. The Labute approximate surface area is 247 Å². The summed E-state index contributed by atoms with van der Waals surface area (Å²) >= 11 is 0. The first-order valence-electron chi connectivity index (χ1n) is 14.3. The lowest BCUT2D eigenvalue weighted by molar-refractivity contribution is -0.147. The molecule has 226 valence electrons. The van der Waals surface area contributed by atoms with Gasteiger partial charge in [-0.15, -0.1) is 0 Å². The van der Waals surface area contributed by atoms with Crippen LogP contribution in [-0.2, 0) is 36.8 Å². The SMILES string of the molecule is COC(=O)[C@H](CCCCNC(=O)OC(C)(C)C)NC(=O)[C@@H]1Cc2ccccc2CN1C(=O)CCC(=O)c1ccccc1. The Morgan fingerprint density at radius 2 is 1.60 bits per heavy atom. The molecule has 0 bridgehead atoms. The molecular formula is C32H41N3O7. The van der Waals surface area contributed by atoms with Gasteiger partial charge in [0.05, 0.1) is 7.11 Å². The van der Waals surface area contributed by atoms with Crippen LogP contribution in [0.15, 0.2) is 54.6 Å². The van der Waals surface area contributed by atoms with Crippen molar-refractivity contribution in [1.29, 1.82) is 0 Å². The van der Waals surface area contributed by atoms with Crippen LogP contribution in [0.1, 0.15) is 74.4 Å². The number of esters is 1. The highest BCUT2D eigenvalue weighted by molar-refractivity contribution is 5.98. The Hall–Kier alpha value is -4.21. The van der Waals surface area contributed by atoms with Crippen molar-refractivity contribution in [2.45, 2.75) is 83.5 Å². The molecule has 2 aromatic carbocycles. The van der Waals surface area contributed by atoms with Crippen molar-refractivity contribution in [3.8, 4) is 0 Å². The minimum atomic E-state index is -0.919. The van der Waals surface area contributed by atoms with E-state index in [0.717, 1.165) is 11.1 Å². The summed E-state index contributed by atoms with van der Waals surface area (Å²) in [5.41, 5.74) is 1.82. The van der Waals surface area contributed by atoms with Gasteiger partial charge in [0.15, 0.2) is 5.78 Å². The fourth-order valence-corrected chi connectivity index (χ4v) is 4.79. The first kappa shape index (κ1) is 32.3. The van der Waals surface area contributed by atoms with E-state index in [1.165, 1.54) is 12.0 Å². The fraction of sp³-hybridized carbons (Fsp3) is 0.469. The molecule has 42 heavy (non-hydrogen) atoms. The Morgan fingerprint density at radius 1 is 0.929 bits per heavy atom. The van der Waals surface area contributed by atoms with Crippen LogP contribution in [0.2, 0.25) is 0 Å². The van der Waals surface area contributed by atoms with Crippen molar-refractivity contribution in [2.24, 2.45) is 0 Å². The number of hydrogen-bond acceptors (Lipinski definition) is 7. The number of ether oxygens (including phenoxy) is 2. The quantitative estimate of drug-likeness (QED) is 0.221. The van der Waals surface area contributed by atoms with E-state index in [9.17, 15) is 24.0 Å². The van der Waals surface area contributed by atoms with E-state index in [0.29, 0.717) is 24.9 Å². The summed E-state index contributed by atoms with van der Waals surface area (Å²) < 4.78 is 10.1. The standard InChI is InChI=1S/C32H41N3O7/c1-32(2,3)42-31(40)33-19-11-10-16-25(30(39)41-4)34-29(38)26-20-23-14-8-9-15-24(23)21-35(26)28(37)18-17-27(36)22-12-6-5-7-13-22/h5-9,12-15,25-26H,10-11,16-21H2,1-4H3,(H,33,40)(H,34,38)/t25-,26-/m0/s1. The molecule has 0 spiro atoms. The minimum Gasteiger partial charge on any atom is -0.467 e. The Balaban J connectivity index is 1.63. The summed E-state index contributed by atoms with van der Waals surface area (Å²) in [6.07, 6.45) is 1.12. The number of carbonyl (C=O) groups is 5. The van der Waals surface area contributed by atoms with E-state index >= 15 is 0 Å². The van der Waals surface area contributed by atoms with Gasteiger partial charge < -0.3 is 25.0 Å². The van der Waals surface area contributed by atoms with Crippen LogP contribution in [0.4, 0.5) is 4.79 Å². The molecule has 1 heterocycles. The maximum atomic E-state index is 13.6. The van der Waals surface area contributed by atoms with Crippen LogP contribution >= 0.6 is 0 Å². The lowest BCUT2D eigenvalue weighted by Gasteiger charge is -2.36. The van der Waals surface area contributed by atoms with Crippen LogP contribution in [0, 0.1) is 0 Å². The van der Waals surface area contributed by atoms with Crippen molar-refractivity contribution < 1.29 is 33.4 Å². The number of methoxy groups -OCH3 is 1. The van der Waals surface area contributed by atoms with E-state index in [4.69, 9.17) is 9.47 Å². The maximum Gasteiger partial charge on any atom is 0.407 e. The molecular weight excluding hydrogens is 538 g/mol. The van der Waals surface area contributed by atoms with Gasteiger partial charge in [0.1, 0.15) is 17.7 Å². The number of rotatable bonds is 12. The molecule has 0 aliphatic carbocycles. The predicted octanol–water partition coefficient (Wildman–Crippen LogP) is 3.96. The average molecular weight is 580 g/mol. The highest BCUT2D eigenvalue weighted by Gasteiger charge is 2.36. The number of Topliss-reactive ketones (excluding diaryl/α,β-unsaturated/α-hetero) is 1. The van der Waals surface area contributed by atoms with Crippen molar-refractivity contribution in [1.82, 2.24) is 15.5 Å². The van der Waals surface area contributed by atoms with E-state index < -0.39 is 35.7 Å². The fourth-order valence-electron chi connectivity index (χ4n) is 4.79. The van der Waals surface area contributed by atoms with Crippen LogP contribution in [-0.4, -0.2) is 65.9 Å². The van der Waals surface area contributed by atoms with Crippen LogP contribution in [0.3, 0.4) is 0 Å². The lowest BCUT2D eigenvalue weighted by Crippen LogP contribution is -2.55. The van der Waals surface area contributed by atoms with Crippen LogP contribution < -0.4 is 10.6 Å². The molecule has 1 aliphatic heterocycles. The smallest absolute Gasteiger partial charge is 0.407 e. The summed E-state index contributed by atoms with van der Waals surface area (Å²) in [5, 5.41) is 5.46. The summed E-state index contributed by atoms with van der Waals surface area (Å²) in [4.78, 5) is 65.4. The number of ketones is 1. The van der Waals surface area contributed by atoms with Crippen molar-refractivity contribution in [3.05, 3.63) is 71.3 Å². The molecule has 0 radical (unpaired) electrons. The molecule has 2 N–H and O–H groups in total. The number of hydrogen-bond donors (Lipinski definition) is 2. The van der Waals surface area contributed by atoms with Crippen LogP contribution in [0.5, 0.6) is 0 Å². The molecule has 2 atom stereocenters. The number of carbonyl (C=O) groups excluding carboxylic acids is 5. The van der Waals surface area contributed by atoms with Gasteiger partial charge >= 0.3 is 12.1 Å². The molecule has 0 fully saturated rings. The molecule has 0 aromatic heterocycles. The maximum absolute atomic E-state index is 13.6. The predicted molar refractivity (Wildman–Crippen MR) is 157 cm³/mol. The first-order valence-corrected chi connectivity index (χ1v) is 14.3. The van der Waals surface area contributed by atoms with Crippen molar-refractivity contribution >= 4 is 29.7 Å². The zero-order chi connectivity index (χ0) is 30.7. The molecule has 10 heteroatoms. The number of unbranched alkanes of at least 4 members (excludes halogenated alkanes) is 1. The Morgan fingerprint density at radius 3 is 2.26 bits per heavy atom. The van der Waals surface area contributed by atoms with E-state index in [1.807, 2.05) is 30.3 Å². The summed E-state index contributed by atoms with van der Waals surface area (Å²) in [7, 11) is 1.25. The number of nitrogens with one attached hydrogen (secondary N) is 2. The summed E-state index contributed by atoms with van der Waals surface area (Å²) in [5.74, 6) is -1.51. The molecule has 3 rings (SSSR count). The zero-order valence-corrected chi connectivity index (χ0v) is 24.8. The van der Waals surface area contributed by atoms with Crippen LogP contribution in [0.25, 0.3) is 0 Å². The van der Waals surface area contributed by atoms with Gasteiger partial charge in [0, 0.05) is 37.9 Å². The zero-order valence-electron chi connectivity index (χ0n) is 24.8. The van der Waals surface area contributed by atoms with Gasteiger partial charge in [-0.25, -0.2) is 9.59 Å². The third-order valence-corrected chi connectivity index (χ3v) is 6.92. The number of fused-ring (bicyclic) bond motifs is 1. The highest BCUT2D eigenvalue weighted by atomic mass is 16.6. The molecule has 0 saturated heterocycles. The van der Waals surface area contributed by atoms with E-state index in [2.05, 4.69) is 10.6 Å². The second kappa shape index (κ2) is 15.1. The third-order valence-electron chi connectivity index (χ3n) is 6.92. The molecule has 0 saturated carbocycles. The molecule has 0 unspecified atom stereocenters. The summed E-state index contributed by atoms with van der Waals surface area (Å²) in [6.45, 7) is 5.91. The summed E-state index contributed by atoms with van der Waals surface area (Å²) in [6, 6.07) is 14.6. The van der Waals surface area contributed by atoms with E-state index in [1.54, 1.807) is 45.0 Å². The van der Waals surface area contributed by atoms with Gasteiger partial charge in [-0.05, 0) is 51.2 Å². The van der Waals surface area contributed by atoms with Gasteiger partial charge in [0.2, 0.25) is 11.8 Å².